The SMILES string of the molecule is CN(CCCN1CCCCCC1)c1ncnc2[nH]ccc12. The van der Waals surface area contributed by atoms with Crippen molar-refractivity contribution >= 4 is 16.9 Å². The van der Waals surface area contributed by atoms with E-state index in [2.05, 4.69) is 37.9 Å². The van der Waals surface area contributed by atoms with Gasteiger partial charge in [0.15, 0.2) is 0 Å². The van der Waals surface area contributed by atoms with Crippen LogP contribution >= 0.6 is 0 Å². The van der Waals surface area contributed by atoms with Crippen molar-refractivity contribution in [2.75, 3.05) is 38.1 Å². The maximum atomic E-state index is 4.44. The highest BCUT2D eigenvalue weighted by molar-refractivity contribution is 5.87. The second-order valence-electron chi connectivity index (χ2n) is 5.97. The quantitative estimate of drug-likeness (QED) is 0.918. The lowest BCUT2D eigenvalue weighted by atomic mass is 10.2. The number of nitrogens with zero attached hydrogens (tertiary/aromatic N) is 4. The first-order valence-electron chi connectivity index (χ1n) is 8.06. The zero-order valence-electron chi connectivity index (χ0n) is 12.9. The van der Waals surface area contributed by atoms with Crippen molar-refractivity contribution < 1.29 is 0 Å². The minimum Gasteiger partial charge on any atom is -0.359 e. The molecule has 21 heavy (non-hydrogen) atoms. The summed E-state index contributed by atoms with van der Waals surface area (Å²) in [7, 11) is 2.12. The molecule has 0 amide bonds. The highest BCUT2D eigenvalue weighted by Crippen LogP contribution is 2.20. The van der Waals surface area contributed by atoms with Gasteiger partial charge < -0.3 is 14.8 Å². The molecule has 0 spiro atoms. The topological polar surface area (TPSA) is 48.1 Å². The van der Waals surface area contributed by atoms with Gasteiger partial charge in [-0.2, -0.15) is 0 Å². The normalized spacial score (nSPS) is 17.0. The third-order valence-electron chi connectivity index (χ3n) is 4.36. The largest absolute Gasteiger partial charge is 0.359 e. The summed E-state index contributed by atoms with van der Waals surface area (Å²) in [5.41, 5.74) is 0.916. The molecule has 5 nitrogen and oxygen atoms in total. The predicted molar refractivity (Wildman–Crippen MR) is 86.7 cm³/mol. The van der Waals surface area contributed by atoms with Gasteiger partial charge in [-0.05, 0) is 45.0 Å². The molecule has 1 aliphatic rings. The summed E-state index contributed by atoms with van der Waals surface area (Å²) < 4.78 is 0. The molecule has 3 rings (SSSR count). The number of rotatable bonds is 5. The van der Waals surface area contributed by atoms with E-state index in [1.54, 1.807) is 6.33 Å². The minimum atomic E-state index is 0.916. The summed E-state index contributed by atoms with van der Waals surface area (Å²) in [4.78, 5) is 16.7. The Morgan fingerprint density at radius 1 is 1.19 bits per heavy atom. The van der Waals surface area contributed by atoms with Crippen LogP contribution in [0, 0.1) is 0 Å². The average Bonchev–Trinajstić information content (AvgIpc) is 2.83. The van der Waals surface area contributed by atoms with Gasteiger partial charge in [0.25, 0.3) is 0 Å². The maximum Gasteiger partial charge on any atom is 0.142 e. The fraction of sp³-hybridized carbons (Fsp3) is 0.625. The van der Waals surface area contributed by atoms with Crippen LogP contribution in [0.3, 0.4) is 0 Å². The minimum absolute atomic E-state index is 0.916. The number of hydrogen-bond acceptors (Lipinski definition) is 4. The van der Waals surface area contributed by atoms with E-state index in [4.69, 9.17) is 0 Å². The summed E-state index contributed by atoms with van der Waals surface area (Å²) in [5.74, 6) is 1.03. The van der Waals surface area contributed by atoms with Gasteiger partial charge in [0.1, 0.15) is 17.8 Å². The predicted octanol–water partition coefficient (Wildman–Crippen LogP) is 2.66. The fourth-order valence-corrected chi connectivity index (χ4v) is 3.16. The number of fused-ring (bicyclic) bond motifs is 1. The Kier molecular flexibility index (Phi) is 4.70. The molecule has 0 aromatic carbocycles. The monoisotopic (exact) mass is 287 g/mol. The van der Waals surface area contributed by atoms with Gasteiger partial charge in [0, 0.05) is 19.8 Å². The van der Waals surface area contributed by atoms with Crippen LogP contribution in [0.25, 0.3) is 11.0 Å². The van der Waals surface area contributed by atoms with Crippen LogP contribution in [0.15, 0.2) is 18.6 Å². The van der Waals surface area contributed by atoms with E-state index >= 15 is 0 Å². The van der Waals surface area contributed by atoms with E-state index in [0.717, 1.165) is 23.4 Å². The molecule has 1 saturated heterocycles. The smallest absolute Gasteiger partial charge is 0.142 e. The van der Waals surface area contributed by atoms with Gasteiger partial charge in [-0.15, -0.1) is 0 Å². The number of nitrogens with one attached hydrogen (secondary N) is 1. The van der Waals surface area contributed by atoms with Gasteiger partial charge in [-0.1, -0.05) is 12.8 Å². The molecule has 0 saturated carbocycles. The summed E-state index contributed by atoms with van der Waals surface area (Å²) in [6.45, 7) is 4.79. The molecule has 3 heterocycles. The average molecular weight is 287 g/mol. The zero-order valence-corrected chi connectivity index (χ0v) is 12.9. The first kappa shape index (κ1) is 14.3. The Morgan fingerprint density at radius 2 is 2.00 bits per heavy atom. The molecule has 114 valence electrons. The van der Waals surface area contributed by atoms with Crippen LogP contribution in [0.5, 0.6) is 0 Å². The Labute approximate surface area is 126 Å². The Morgan fingerprint density at radius 3 is 2.81 bits per heavy atom. The van der Waals surface area contributed by atoms with Gasteiger partial charge in [-0.3, -0.25) is 0 Å². The summed E-state index contributed by atoms with van der Waals surface area (Å²) in [6.07, 6.45) is 10.3. The lowest BCUT2D eigenvalue weighted by Gasteiger charge is -2.23. The molecule has 0 bridgehead atoms. The molecular weight excluding hydrogens is 262 g/mol. The third-order valence-corrected chi connectivity index (χ3v) is 4.36. The molecular formula is C16H25N5. The van der Waals surface area contributed by atoms with Crippen molar-refractivity contribution in [3.05, 3.63) is 18.6 Å². The first-order valence-corrected chi connectivity index (χ1v) is 8.06. The number of hydrogen-bond donors (Lipinski definition) is 1. The maximum absolute atomic E-state index is 4.44. The fourth-order valence-electron chi connectivity index (χ4n) is 3.16. The lowest BCUT2D eigenvalue weighted by Crippen LogP contribution is -2.29. The van der Waals surface area contributed by atoms with Crippen molar-refractivity contribution in [2.45, 2.75) is 32.1 Å². The van der Waals surface area contributed by atoms with E-state index in [1.165, 1.54) is 51.7 Å². The molecule has 0 aliphatic carbocycles. The Hall–Kier alpha value is -1.62. The summed E-state index contributed by atoms with van der Waals surface area (Å²) in [5, 5.41) is 1.11. The molecule has 1 aliphatic heterocycles. The highest BCUT2D eigenvalue weighted by Gasteiger charge is 2.11. The molecule has 2 aromatic heterocycles. The highest BCUT2D eigenvalue weighted by atomic mass is 15.2. The summed E-state index contributed by atoms with van der Waals surface area (Å²) >= 11 is 0. The standard InChI is InChI=1S/C16H25N5/c1-20(9-6-12-21-10-4-2-3-5-11-21)16-14-7-8-17-15(14)18-13-19-16/h7-8,13H,2-6,9-12H2,1H3,(H,17,18,19). The second-order valence-corrected chi connectivity index (χ2v) is 5.97. The van der Waals surface area contributed by atoms with Crippen LogP contribution in [-0.4, -0.2) is 53.1 Å². The van der Waals surface area contributed by atoms with Gasteiger partial charge in [0.2, 0.25) is 0 Å². The van der Waals surface area contributed by atoms with Crippen molar-refractivity contribution in [1.82, 2.24) is 19.9 Å². The molecule has 1 N–H and O–H groups in total. The van der Waals surface area contributed by atoms with Gasteiger partial charge in [-0.25, -0.2) is 9.97 Å². The number of anilines is 1. The van der Waals surface area contributed by atoms with E-state index in [9.17, 15) is 0 Å². The second kappa shape index (κ2) is 6.89. The molecule has 1 fully saturated rings. The molecule has 0 atom stereocenters. The van der Waals surface area contributed by atoms with Crippen LogP contribution in [0.1, 0.15) is 32.1 Å². The van der Waals surface area contributed by atoms with E-state index in [-0.39, 0.29) is 0 Å². The van der Waals surface area contributed by atoms with Gasteiger partial charge >= 0.3 is 0 Å². The van der Waals surface area contributed by atoms with Crippen LogP contribution < -0.4 is 4.90 Å². The zero-order chi connectivity index (χ0) is 14.5. The molecule has 5 heteroatoms. The number of likely N-dealkylation sites (tertiary alicyclic amines) is 1. The van der Waals surface area contributed by atoms with Crippen molar-refractivity contribution in [3.63, 3.8) is 0 Å². The first-order chi connectivity index (χ1) is 10.3. The summed E-state index contributed by atoms with van der Waals surface area (Å²) in [6, 6.07) is 2.05. The molecule has 0 radical (unpaired) electrons. The Balaban J connectivity index is 1.54. The van der Waals surface area contributed by atoms with E-state index in [1.807, 2.05) is 6.20 Å². The third kappa shape index (κ3) is 3.53. The lowest BCUT2D eigenvalue weighted by molar-refractivity contribution is 0.283. The number of H-pyrrole nitrogens is 1. The van der Waals surface area contributed by atoms with Crippen LogP contribution in [-0.2, 0) is 0 Å². The van der Waals surface area contributed by atoms with Crippen LogP contribution in [0.2, 0.25) is 0 Å². The van der Waals surface area contributed by atoms with Crippen molar-refractivity contribution in [2.24, 2.45) is 0 Å². The van der Waals surface area contributed by atoms with Crippen LogP contribution in [0.4, 0.5) is 5.82 Å². The molecule has 0 unspecified atom stereocenters. The van der Waals surface area contributed by atoms with Gasteiger partial charge in [0.05, 0.1) is 5.39 Å². The Bertz CT molecular complexity index is 557. The van der Waals surface area contributed by atoms with Crippen molar-refractivity contribution in [3.8, 4) is 0 Å². The number of aromatic amines is 1. The van der Waals surface area contributed by atoms with E-state index in [0.29, 0.717) is 0 Å². The molecule has 2 aromatic rings. The number of aromatic nitrogens is 3. The van der Waals surface area contributed by atoms with Crippen molar-refractivity contribution in [1.29, 1.82) is 0 Å². The van der Waals surface area contributed by atoms with E-state index < -0.39 is 0 Å².